The summed E-state index contributed by atoms with van der Waals surface area (Å²) < 4.78 is 0. The van der Waals surface area contributed by atoms with E-state index in [0.29, 0.717) is 10.9 Å². The van der Waals surface area contributed by atoms with Crippen LogP contribution in [0.3, 0.4) is 0 Å². The summed E-state index contributed by atoms with van der Waals surface area (Å²) in [6.07, 6.45) is 13.2. The van der Waals surface area contributed by atoms with Crippen molar-refractivity contribution in [3.8, 4) is 0 Å². The molecule has 0 bridgehead atoms. The van der Waals surface area contributed by atoms with Crippen LogP contribution in [0.5, 0.6) is 0 Å². The summed E-state index contributed by atoms with van der Waals surface area (Å²) in [7, 11) is 1.94. The number of aliphatic hydroxyl groups excluding tert-OH is 1. The Morgan fingerprint density at radius 1 is 1.09 bits per heavy atom. The Bertz CT molecular complexity index is 764. The number of nitrogens with zero attached hydrogens (tertiary/aromatic N) is 1. The molecular formula is C26H40ClN3OS. The van der Waals surface area contributed by atoms with Gasteiger partial charge in [0.25, 0.3) is 0 Å². The predicted octanol–water partition coefficient (Wildman–Crippen LogP) is 6.66. The molecule has 1 aliphatic heterocycles. The predicted molar refractivity (Wildman–Crippen MR) is 147 cm³/mol. The Hall–Kier alpha value is -2.05. The molecule has 0 fully saturated rings. The highest BCUT2D eigenvalue weighted by molar-refractivity contribution is 8.03. The van der Waals surface area contributed by atoms with Crippen LogP contribution in [0.4, 0.5) is 0 Å². The molecule has 178 valence electrons. The van der Waals surface area contributed by atoms with E-state index >= 15 is 0 Å². The van der Waals surface area contributed by atoms with Gasteiger partial charge in [-0.2, -0.15) is 0 Å². The summed E-state index contributed by atoms with van der Waals surface area (Å²) in [4.78, 5) is 6.25. The molecule has 0 saturated heterocycles. The van der Waals surface area contributed by atoms with Crippen LogP contribution in [-0.4, -0.2) is 37.0 Å². The lowest BCUT2D eigenvalue weighted by atomic mass is 10.2. The van der Waals surface area contributed by atoms with E-state index in [2.05, 4.69) is 22.2 Å². The number of hydrogen-bond acceptors (Lipinski definition) is 5. The van der Waals surface area contributed by atoms with Gasteiger partial charge in [-0.15, -0.1) is 0 Å². The molecule has 0 amide bonds. The van der Waals surface area contributed by atoms with E-state index in [1.807, 2.05) is 96.4 Å². The van der Waals surface area contributed by atoms with Crippen LogP contribution in [0.2, 0.25) is 0 Å². The van der Waals surface area contributed by atoms with Gasteiger partial charge >= 0.3 is 0 Å². The zero-order chi connectivity index (χ0) is 24.6. The van der Waals surface area contributed by atoms with E-state index in [4.69, 9.17) is 16.7 Å². The Kier molecular flexibility index (Phi) is 23.7. The van der Waals surface area contributed by atoms with Crippen LogP contribution >= 0.6 is 23.4 Å². The van der Waals surface area contributed by atoms with Crippen LogP contribution < -0.4 is 10.6 Å². The summed E-state index contributed by atoms with van der Waals surface area (Å²) in [6.45, 7) is 15.9. The maximum Gasteiger partial charge on any atom is 0.138 e. The van der Waals surface area contributed by atoms with Crippen LogP contribution in [0.25, 0.3) is 0 Å². The van der Waals surface area contributed by atoms with Crippen LogP contribution in [0.1, 0.15) is 40.2 Å². The highest BCUT2D eigenvalue weighted by atomic mass is 35.5. The number of hydrogen-bond donors (Lipinski definition) is 3. The molecule has 0 saturated carbocycles. The first-order valence-electron chi connectivity index (χ1n) is 10.8. The summed E-state index contributed by atoms with van der Waals surface area (Å²) in [5, 5.41) is 15.3. The Morgan fingerprint density at radius 3 is 2.31 bits per heavy atom. The molecular weight excluding hydrogens is 438 g/mol. The molecule has 1 aromatic rings. The lowest BCUT2D eigenvalue weighted by Crippen LogP contribution is -2.20. The normalized spacial score (nSPS) is 13.9. The fourth-order valence-corrected chi connectivity index (χ4v) is 3.17. The smallest absolute Gasteiger partial charge is 0.138 e. The molecule has 0 unspecified atom stereocenters. The second kappa shape index (κ2) is 23.6. The van der Waals surface area contributed by atoms with Crippen LogP contribution in [0, 0.1) is 0 Å². The molecule has 4 nitrogen and oxygen atoms in total. The topological polar surface area (TPSA) is 56.7 Å². The van der Waals surface area contributed by atoms with Gasteiger partial charge in [-0.1, -0.05) is 92.4 Å². The molecule has 1 aromatic carbocycles. The maximum atomic E-state index is 8.72. The highest BCUT2D eigenvalue weighted by Crippen LogP contribution is 2.37. The highest BCUT2D eigenvalue weighted by Gasteiger charge is 2.15. The molecule has 6 heteroatoms. The van der Waals surface area contributed by atoms with Crippen molar-refractivity contribution in [3.05, 3.63) is 89.7 Å². The third-order valence-electron chi connectivity index (χ3n) is 3.47. The van der Waals surface area contributed by atoms with Crippen molar-refractivity contribution in [2.45, 2.75) is 39.5 Å². The van der Waals surface area contributed by atoms with Gasteiger partial charge < -0.3 is 15.7 Å². The summed E-state index contributed by atoms with van der Waals surface area (Å²) in [5.41, 5.74) is 1.55. The number of aliphatic hydroxyl groups is 1. The van der Waals surface area contributed by atoms with E-state index in [0.717, 1.165) is 28.5 Å². The molecule has 0 radical (unpaired) electrons. The Balaban J connectivity index is 0. The molecule has 0 atom stereocenters. The number of halogens is 1. The van der Waals surface area contributed by atoms with Crippen molar-refractivity contribution in [1.82, 2.24) is 10.6 Å². The van der Waals surface area contributed by atoms with Gasteiger partial charge in [0, 0.05) is 28.5 Å². The van der Waals surface area contributed by atoms with E-state index < -0.39 is 0 Å². The molecule has 32 heavy (non-hydrogen) atoms. The number of benzene rings is 1. The van der Waals surface area contributed by atoms with Crippen molar-refractivity contribution >= 4 is 28.5 Å². The van der Waals surface area contributed by atoms with E-state index in [1.54, 1.807) is 23.9 Å². The monoisotopic (exact) mass is 477 g/mol. The molecule has 0 aromatic heterocycles. The average Bonchev–Trinajstić information content (AvgIpc) is 2.95. The lowest BCUT2D eigenvalue weighted by Gasteiger charge is -2.04. The number of fused-ring (bicyclic) bond motifs is 1. The van der Waals surface area contributed by atoms with Crippen molar-refractivity contribution in [2.75, 3.05) is 26.7 Å². The number of thioether (sulfide) groups is 1. The van der Waals surface area contributed by atoms with Gasteiger partial charge in [0.1, 0.15) is 5.17 Å². The van der Waals surface area contributed by atoms with Gasteiger partial charge in [0.05, 0.1) is 12.3 Å². The average molecular weight is 478 g/mol. The lowest BCUT2D eigenvalue weighted by molar-refractivity contribution is 0.343. The summed E-state index contributed by atoms with van der Waals surface area (Å²) in [5.74, 6) is 0. The number of rotatable bonds is 6. The number of allylic oxidation sites excluding steroid dienone is 5. The largest absolute Gasteiger partial charge is 0.392 e. The zero-order valence-corrected chi connectivity index (χ0v) is 21.9. The standard InChI is InChI=1S/C14H12ClNOS.C6H14N2.C4H8.C2H6/c1-10-12(7-4-5-9-17)18-13-8-3-2-6-11(13)14(15)16-10;1-3-4-8-6-5-7-2;1-3-4-2;1-2/h2-8,17H,1,9H2;3-4,7-8H,5-6H2,1-2H3;3-4H,1-2H3;1-2H3/b5-4+,12-7+;4-3+;4-3-;. The number of likely N-dealkylation sites (N-methyl/N-ethyl adjacent to an activating group) is 1. The van der Waals surface area contributed by atoms with E-state index in [-0.39, 0.29) is 6.61 Å². The Labute approximate surface area is 205 Å². The quantitative estimate of drug-likeness (QED) is 0.316. The minimum atomic E-state index is 0.0154. The molecule has 0 spiro atoms. The molecule has 2 rings (SSSR count). The molecule has 3 N–H and O–H groups in total. The minimum absolute atomic E-state index is 0.0154. The van der Waals surface area contributed by atoms with Crippen molar-refractivity contribution < 1.29 is 5.11 Å². The fourth-order valence-electron chi connectivity index (χ4n) is 1.88. The van der Waals surface area contributed by atoms with Gasteiger partial charge in [-0.3, -0.25) is 0 Å². The van der Waals surface area contributed by atoms with Gasteiger partial charge in [-0.05, 0) is 46.2 Å². The zero-order valence-electron chi connectivity index (χ0n) is 20.4. The minimum Gasteiger partial charge on any atom is -0.392 e. The molecule has 1 aliphatic rings. The second-order valence-electron chi connectivity index (χ2n) is 5.81. The maximum absolute atomic E-state index is 8.72. The Morgan fingerprint density at radius 2 is 1.75 bits per heavy atom. The fraction of sp³-hybridized carbons (Fsp3) is 0.346. The van der Waals surface area contributed by atoms with Crippen molar-refractivity contribution in [1.29, 1.82) is 0 Å². The third kappa shape index (κ3) is 15.7. The van der Waals surface area contributed by atoms with E-state index in [9.17, 15) is 0 Å². The summed E-state index contributed by atoms with van der Waals surface area (Å²) >= 11 is 7.73. The van der Waals surface area contributed by atoms with Crippen LogP contribution in [-0.2, 0) is 0 Å². The molecule has 0 aliphatic carbocycles. The van der Waals surface area contributed by atoms with Crippen LogP contribution in [0.15, 0.2) is 94.0 Å². The van der Waals surface area contributed by atoms with E-state index in [1.165, 1.54) is 0 Å². The number of nitrogens with one attached hydrogen (secondary N) is 2. The number of aliphatic imine (C=N–C) groups is 1. The first-order chi connectivity index (χ1) is 15.5. The van der Waals surface area contributed by atoms with Gasteiger partial charge in [0.2, 0.25) is 0 Å². The van der Waals surface area contributed by atoms with Crippen molar-refractivity contribution in [2.24, 2.45) is 4.99 Å². The summed E-state index contributed by atoms with van der Waals surface area (Å²) in [6, 6.07) is 7.83. The third-order valence-corrected chi connectivity index (χ3v) is 4.93. The van der Waals surface area contributed by atoms with Gasteiger partial charge in [-0.25, -0.2) is 4.99 Å². The second-order valence-corrected chi connectivity index (χ2v) is 7.26. The SMILES string of the molecule is C/C=C/NCCNC.C/C=C\C.C=C1N=C(Cl)c2ccccc2S/C1=C/C=C/CO.CC. The first-order valence-corrected chi connectivity index (χ1v) is 12.0. The van der Waals surface area contributed by atoms with Crippen molar-refractivity contribution in [3.63, 3.8) is 0 Å². The van der Waals surface area contributed by atoms with Gasteiger partial charge in [0.15, 0.2) is 0 Å². The first kappa shape index (κ1) is 32.1. The molecule has 1 heterocycles.